The maximum atomic E-state index is 12.7. The van der Waals surface area contributed by atoms with Crippen molar-refractivity contribution in [3.63, 3.8) is 0 Å². The molecule has 0 spiro atoms. The molecule has 1 saturated heterocycles. The van der Waals surface area contributed by atoms with Crippen LogP contribution >= 0.6 is 0 Å². The largest absolute Gasteiger partial charge is 0.399 e. The van der Waals surface area contributed by atoms with E-state index in [0.717, 1.165) is 11.3 Å². The second kappa shape index (κ2) is 4.71. The lowest BCUT2D eigenvalue weighted by molar-refractivity contribution is -0.176. The standard InChI is InChI=1S/C13H17F3N2/c1-9-7-11(17)4-5-12(9)18-6-2-3-10(8-18)13(14,15)16/h4-5,7,10H,2-3,6,8,17H2,1H3. The summed E-state index contributed by atoms with van der Waals surface area (Å²) < 4.78 is 38.2. The zero-order valence-electron chi connectivity index (χ0n) is 10.3. The van der Waals surface area contributed by atoms with E-state index in [2.05, 4.69) is 0 Å². The average Bonchev–Trinajstić information content (AvgIpc) is 2.28. The Bertz CT molecular complexity index is 429. The molecule has 2 nitrogen and oxygen atoms in total. The number of hydrogen-bond acceptors (Lipinski definition) is 2. The highest BCUT2D eigenvalue weighted by Crippen LogP contribution is 2.35. The van der Waals surface area contributed by atoms with Crippen LogP contribution in [0.25, 0.3) is 0 Å². The molecule has 100 valence electrons. The monoisotopic (exact) mass is 258 g/mol. The number of piperidine rings is 1. The molecule has 1 heterocycles. The number of nitrogens with zero attached hydrogens (tertiary/aromatic N) is 1. The number of hydrogen-bond donors (Lipinski definition) is 1. The first-order valence-electron chi connectivity index (χ1n) is 6.05. The molecular formula is C13H17F3N2. The van der Waals surface area contributed by atoms with Gasteiger partial charge in [-0.15, -0.1) is 0 Å². The Balaban J connectivity index is 2.18. The number of aryl methyl sites for hydroxylation is 1. The SMILES string of the molecule is Cc1cc(N)ccc1N1CCCC(C(F)(F)F)C1. The van der Waals surface area contributed by atoms with E-state index >= 15 is 0 Å². The zero-order valence-corrected chi connectivity index (χ0v) is 10.3. The van der Waals surface area contributed by atoms with Gasteiger partial charge in [0.15, 0.2) is 0 Å². The third-order valence-corrected chi connectivity index (χ3v) is 3.45. The van der Waals surface area contributed by atoms with Crippen molar-refractivity contribution in [2.24, 2.45) is 5.92 Å². The first-order valence-corrected chi connectivity index (χ1v) is 6.05. The van der Waals surface area contributed by atoms with Crippen LogP contribution in [0.4, 0.5) is 24.5 Å². The Morgan fingerprint density at radius 3 is 2.67 bits per heavy atom. The minimum atomic E-state index is -4.10. The summed E-state index contributed by atoms with van der Waals surface area (Å²) in [6.45, 7) is 2.61. The van der Waals surface area contributed by atoms with Gasteiger partial charge in [0.05, 0.1) is 5.92 Å². The van der Waals surface area contributed by atoms with Crippen LogP contribution in [0.5, 0.6) is 0 Å². The summed E-state index contributed by atoms with van der Waals surface area (Å²) in [6.07, 6.45) is -3.29. The molecule has 5 heteroatoms. The van der Waals surface area contributed by atoms with Crippen molar-refractivity contribution < 1.29 is 13.2 Å². The Hall–Kier alpha value is -1.39. The van der Waals surface area contributed by atoms with E-state index in [1.54, 1.807) is 12.1 Å². The summed E-state index contributed by atoms with van der Waals surface area (Å²) in [5.41, 5.74) is 8.08. The van der Waals surface area contributed by atoms with Crippen molar-refractivity contribution >= 4 is 11.4 Å². The molecule has 1 aliphatic heterocycles. The summed E-state index contributed by atoms with van der Waals surface area (Å²) in [7, 11) is 0. The molecule has 0 radical (unpaired) electrons. The van der Waals surface area contributed by atoms with Crippen LogP contribution in [0.15, 0.2) is 18.2 Å². The van der Waals surface area contributed by atoms with Gasteiger partial charge in [-0.1, -0.05) is 0 Å². The molecule has 1 atom stereocenters. The molecule has 0 saturated carbocycles. The van der Waals surface area contributed by atoms with E-state index in [9.17, 15) is 13.2 Å². The van der Waals surface area contributed by atoms with Crippen molar-refractivity contribution in [3.05, 3.63) is 23.8 Å². The first kappa shape index (κ1) is 13.1. The van der Waals surface area contributed by atoms with Gasteiger partial charge in [0.2, 0.25) is 0 Å². The summed E-state index contributed by atoms with van der Waals surface area (Å²) in [6, 6.07) is 5.34. The van der Waals surface area contributed by atoms with Gasteiger partial charge in [0.1, 0.15) is 0 Å². The maximum Gasteiger partial charge on any atom is 0.393 e. The molecule has 1 aromatic carbocycles. The lowest BCUT2D eigenvalue weighted by Crippen LogP contribution is -2.42. The third-order valence-electron chi connectivity index (χ3n) is 3.45. The van der Waals surface area contributed by atoms with E-state index in [0.29, 0.717) is 18.7 Å². The topological polar surface area (TPSA) is 29.3 Å². The summed E-state index contributed by atoms with van der Waals surface area (Å²) >= 11 is 0. The van der Waals surface area contributed by atoms with E-state index in [1.165, 1.54) is 0 Å². The minimum absolute atomic E-state index is 0.0499. The number of nitrogen functional groups attached to an aromatic ring is 1. The number of anilines is 2. The Labute approximate surface area is 105 Å². The fourth-order valence-corrected chi connectivity index (χ4v) is 2.50. The van der Waals surface area contributed by atoms with Gasteiger partial charge < -0.3 is 10.6 Å². The van der Waals surface area contributed by atoms with E-state index in [4.69, 9.17) is 5.73 Å². The van der Waals surface area contributed by atoms with E-state index in [1.807, 2.05) is 17.9 Å². The van der Waals surface area contributed by atoms with Gasteiger partial charge in [-0.3, -0.25) is 0 Å². The maximum absolute atomic E-state index is 12.7. The molecule has 2 rings (SSSR count). The van der Waals surface area contributed by atoms with Gasteiger partial charge in [-0.05, 0) is 43.5 Å². The molecular weight excluding hydrogens is 241 g/mol. The lowest BCUT2D eigenvalue weighted by atomic mass is 9.96. The number of benzene rings is 1. The van der Waals surface area contributed by atoms with Crippen molar-refractivity contribution in [1.82, 2.24) is 0 Å². The highest BCUT2D eigenvalue weighted by atomic mass is 19.4. The van der Waals surface area contributed by atoms with Gasteiger partial charge >= 0.3 is 6.18 Å². The quantitative estimate of drug-likeness (QED) is 0.783. The highest BCUT2D eigenvalue weighted by molar-refractivity contribution is 5.59. The van der Waals surface area contributed by atoms with Crippen LogP contribution in [0.2, 0.25) is 0 Å². The van der Waals surface area contributed by atoms with Crippen LogP contribution in [-0.4, -0.2) is 19.3 Å². The summed E-state index contributed by atoms with van der Waals surface area (Å²) in [4.78, 5) is 1.82. The van der Waals surface area contributed by atoms with Crippen LogP contribution in [0, 0.1) is 12.8 Å². The average molecular weight is 258 g/mol. The molecule has 0 aromatic heterocycles. The molecule has 0 amide bonds. The fourth-order valence-electron chi connectivity index (χ4n) is 2.50. The molecule has 1 aromatic rings. The van der Waals surface area contributed by atoms with Crippen LogP contribution in [0.3, 0.4) is 0 Å². The molecule has 1 unspecified atom stereocenters. The molecule has 0 bridgehead atoms. The normalized spacial score (nSPS) is 21.1. The second-order valence-electron chi connectivity index (χ2n) is 4.87. The molecule has 2 N–H and O–H groups in total. The van der Waals surface area contributed by atoms with Gasteiger partial charge in [-0.25, -0.2) is 0 Å². The van der Waals surface area contributed by atoms with Gasteiger partial charge in [0, 0.05) is 24.5 Å². The fraction of sp³-hybridized carbons (Fsp3) is 0.538. The van der Waals surface area contributed by atoms with Crippen LogP contribution in [-0.2, 0) is 0 Å². The predicted molar refractivity (Wildman–Crippen MR) is 66.6 cm³/mol. The predicted octanol–water partition coefficient (Wildman–Crippen LogP) is 3.36. The third kappa shape index (κ3) is 2.71. The Kier molecular flexibility index (Phi) is 3.41. The van der Waals surface area contributed by atoms with E-state index in [-0.39, 0.29) is 13.0 Å². The summed E-state index contributed by atoms with van der Waals surface area (Å²) in [5, 5.41) is 0. The van der Waals surface area contributed by atoms with Crippen molar-refractivity contribution in [1.29, 1.82) is 0 Å². The number of halogens is 3. The van der Waals surface area contributed by atoms with Gasteiger partial charge in [0.25, 0.3) is 0 Å². The second-order valence-corrected chi connectivity index (χ2v) is 4.87. The number of nitrogens with two attached hydrogens (primary N) is 1. The molecule has 18 heavy (non-hydrogen) atoms. The van der Waals surface area contributed by atoms with E-state index < -0.39 is 12.1 Å². The molecule has 0 aliphatic carbocycles. The van der Waals surface area contributed by atoms with Crippen molar-refractivity contribution in [2.45, 2.75) is 25.9 Å². The molecule has 1 fully saturated rings. The minimum Gasteiger partial charge on any atom is -0.399 e. The van der Waals surface area contributed by atoms with Crippen molar-refractivity contribution in [3.8, 4) is 0 Å². The Morgan fingerprint density at radius 1 is 1.33 bits per heavy atom. The highest BCUT2D eigenvalue weighted by Gasteiger charge is 2.41. The zero-order chi connectivity index (χ0) is 13.3. The number of alkyl halides is 3. The smallest absolute Gasteiger partial charge is 0.393 e. The lowest BCUT2D eigenvalue weighted by Gasteiger charge is -2.36. The van der Waals surface area contributed by atoms with Crippen LogP contribution < -0.4 is 10.6 Å². The van der Waals surface area contributed by atoms with Crippen LogP contribution in [0.1, 0.15) is 18.4 Å². The van der Waals surface area contributed by atoms with Gasteiger partial charge in [-0.2, -0.15) is 13.2 Å². The number of rotatable bonds is 1. The Morgan fingerprint density at radius 2 is 2.06 bits per heavy atom. The summed E-state index contributed by atoms with van der Waals surface area (Å²) in [5.74, 6) is -1.22. The molecule has 1 aliphatic rings. The van der Waals surface area contributed by atoms with Crippen molar-refractivity contribution in [2.75, 3.05) is 23.7 Å². The first-order chi connectivity index (χ1) is 8.38.